The lowest BCUT2D eigenvalue weighted by Crippen LogP contribution is -2.24. The van der Waals surface area contributed by atoms with Crippen LogP contribution in [0.3, 0.4) is 0 Å². The Bertz CT molecular complexity index is 1430. The van der Waals surface area contributed by atoms with E-state index in [-0.39, 0.29) is 17.7 Å². The van der Waals surface area contributed by atoms with Crippen molar-refractivity contribution in [3.05, 3.63) is 82.1 Å². The Morgan fingerprint density at radius 1 is 0.818 bits per heavy atom. The van der Waals surface area contributed by atoms with Crippen LogP contribution < -0.4 is 5.01 Å². The van der Waals surface area contributed by atoms with Crippen LogP contribution in [0.4, 0.5) is 5.69 Å². The second-order valence-electron chi connectivity index (χ2n) is 8.26. The molecule has 2 aliphatic rings. The molecule has 0 spiro atoms. The number of rotatable bonds is 3. The van der Waals surface area contributed by atoms with E-state index in [4.69, 9.17) is 4.42 Å². The van der Waals surface area contributed by atoms with Crippen LogP contribution in [0.15, 0.2) is 63.6 Å². The average molecular weight is 439 g/mol. The maximum absolute atomic E-state index is 13.0. The highest BCUT2D eigenvalue weighted by molar-refractivity contribution is 6.32. The summed E-state index contributed by atoms with van der Waals surface area (Å²) in [6, 6.07) is 14.3. The fourth-order valence-electron chi connectivity index (χ4n) is 3.96. The van der Waals surface area contributed by atoms with Gasteiger partial charge in [0.25, 0.3) is 17.7 Å². The van der Waals surface area contributed by atoms with Crippen LogP contribution in [0.1, 0.15) is 44.5 Å². The van der Waals surface area contributed by atoms with Gasteiger partial charge in [0, 0.05) is 12.6 Å². The highest BCUT2D eigenvalue weighted by atomic mass is 16.3. The van der Waals surface area contributed by atoms with Crippen LogP contribution in [0.2, 0.25) is 0 Å². The molecule has 1 aromatic heterocycles. The standard InChI is InChI=1S/C26H21N3O4/c1-14-5-7-18(11-15(14)2)29-26(32)21(16(3)27-29)13-19-8-10-23(33-19)17-6-9-20-22(12-17)25(31)28(4)24(20)30/h5-13H,1-4H3/b21-13-. The van der Waals surface area contributed by atoms with Crippen LogP contribution in [0, 0.1) is 13.8 Å². The molecule has 0 radical (unpaired) electrons. The summed E-state index contributed by atoms with van der Waals surface area (Å²) in [5.74, 6) is 0.156. The minimum absolute atomic E-state index is 0.224. The number of furan rings is 1. The van der Waals surface area contributed by atoms with Crippen LogP contribution in [0.5, 0.6) is 0 Å². The lowest BCUT2D eigenvalue weighted by molar-refractivity contribution is -0.114. The summed E-state index contributed by atoms with van der Waals surface area (Å²) in [6.07, 6.45) is 1.67. The molecule has 3 amide bonds. The van der Waals surface area contributed by atoms with Crippen molar-refractivity contribution in [2.24, 2.45) is 5.10 Å². The Hall–Kier alpha value is -4.26. The molecule has 0 saturated carbocycles. The van der Waals surface area contributed by atoms with Crippen molar-refractivity contribution in [2.45, 2.75) is 20.8 Å². The van der Waals surface area contributed by atoms with Gasteiger partial charge >= 0.3 is 0 Å². The lowest BCUT2D eigenvalue weighted by atomic mass is 10.0. The summed E-state index contributed by atoms with van der Waals surface area (Å²) in [7, 11) is 1.46. The number of benzene rings is 2. The molecule has 0 fully saturated rings. The highest BCUT2D eigenvalue weighted by Gasteiger charge is 2.33. The van der Waals surface area contributed by atoms with E-state index in [1.54, 1.807) is 43.3 Å². The van der Waals surface area contributed by atoms with Crippen LogP contribution in [-0.4, -0.2) is 35.4 Å². The van der Waals surface area contributed by atoms with Crippen LogP contribution in [-0.2, 0) is 4.79 Å². The molecule has 5 rings (SSSR count). The predicted octanol–water partition coefficient (Wildman–Crippen LogP) is 4.60. The first-order valence-electron chi connectivity index (χ1n) is 10.5. The molecular weight excluding hydrogens is 418 g/mol. The Kier molecular flexibility index (Phi) is 4.63. The maximum Gasteiger partial charge on any atom is 0.280 e. The van der Waals surface area contributed by atoms with Crippen molar-refractivity contribution in [3.8, 4) is 11.3 Å². The van der Waals surface area contributed by atoms with Gasteiger partial charge in [0.2, 0.25) is 0 Å². The Morgan fingerprint density at radius 2 is 1.58 bits per heavy atom. The number of hydrogen-bond acceptors (Lipinski definition) is 5. The van der Waals surface area contributed by atoms with Gasteiger partial charge in [-0.15, -0.1) is 0 Å². The van der Waals surface area contributed by atoms with Crippen molar-refractivity contribution in [3.63, 3.8) is 0 Å². The number of hydrogen-bond donors (Lipinski definition) is 0. The van der Waals surface area contributed by atoms with Gasteiger partial charge in [-0.1, -0.05) is 12.1 Å². The van der Waals surface area contributed by atoms with E-state index in [1.807, 2.05) is 32.0 Å². The Labute approximate surface area is 190 Å². The van der Waals surface area contributed by atoms with E-state index >= 15 is 0 Å². The number of nitrogens with zero attached hydrogens (tertiary/aromatic N) is 3. The van der Waals surface area contributed by atoms with Gasteiger partial charge in [0.05, 0.1) is 28.1 Å². The van der Waals surface area contributed by atoms with Crippen molar-refractivity contribution in [2.75, 3.05) is 12.1 Å². The Morgan fingerprint density at radius 3 is 2.33 bits per heavy atom. The number of hydrazone groups is 1. The summed E-state index contributed by atoms with van der Waals surface area (Å²) in [6.45, 7) is 5.80. The predicted molar refractivity (Wildman–Crippen MR) is 125 cm³/mol. The van der Waals surface area contributed by atoms with Gasteiger partial charge < -0.3 is 4.42 Å². The number of aryl methyl sites for hydroxylation is 2. The molecule has 3 aromatic rings. The highest BCUT2D eigenvalue weighted by Crippen LogP contribution is 2.31. The van der Waals surface area contributed by atoms with Crippen molar-refractivity contribution in [1.82, 2.24) is 4.90 Å². The number of fused-ring (bicyclic) bond motifs is 1. The van der Waals surface area contributed by atoms with Gasteiger partial charge in [0.15, 0.2) is 0 Å². The largest absolute Gasteiger partial charge is 0.457 e. The van der Waals surface area contributed by atoms with Crippen molar-refractivity contribution >= 4 is 35.2 Å². The van der Waals surface area contributed by atoms with Crippen molar-refractivity contribution < 1.29 is 18.8 Å². The summed E-state index contributed by atoms with van der Waals surface area (Å²) in [5, 5.41) is 5.83. The molecule has 3 heterocycles. The van der Waals surface area contributed by atoms with Gasteiger partial charge in [-0.2, -0.15) is 10.1 Å². The number of carbonyl (C=O) groups is 3. The average Bonchev–Trinajstić information content (AvgIpc) is 3.44. The first-order valence-corrected chi connectivity index (χ1v) is 10.5. The molecule has 0 saturated heterocycles. The third-order valence-electron chi connectivity index (χ3n) is 6.09. The third-order valence-corrected chi connectivity index (χ3v) is 6.09. The van der Waals surface area contributed by atoms with Crippen molar-refractivity contribution in [1.29, 1.82) is 0 Å². The van der Waals surface area contributed by atoms with E-state index in [9.17, 15) is 14.4 Å². The van der Waals surface area contributed by atoms with Gasteiger partial charge in [-0.25, -0.2) is 0 Å². The normalized spacial score (nSPS) is 16.8. The maximum atomic E-state index is 13.0. The molecule has 0 N–H and O–H groups in total. The summed E-state index contributed by atoms with van der Waals surface area (Å²) < 4.78 is 5.94. The van der Waals surface area contributed by atoms with Crippen LogP contribution in [0.25, 0.3) is 17.4 Å². The SMILES string of the molecule is CC1=NN(c2ccc(C)c(C)c2)C(=O)/C1=C\c1ccc(-c2ccc3c(c2)C(=O)N(C)C3=O)o1. The quantitative estimate of drug-likeness (QED) is 0.441. The molecule has 0 unspecified atom stereocenters. The first-order chi connectivity index (χ1) is 15.7. The van der Waals surface area contributed by atoms with Gasteiger partial charge in [-0.05, 0) is 74.4 Å². The Balaban J connectivity index is 1.43. The fourth-order valence-corrected chi connectivity index (χ4v) is 3.96. The summed E-state index contributed by atoms with van der Waals surface area (Å²) in [4.78, 5) is 38.5. The zero-order valence-corrected chi connectivity index (χ0v) is 18.7. The second kappa shape index (κ2) is 7.41. The fraction of sp³-hybridized carbons (Fsp3) is 0.154. The number of amides is 3. The smallest absolute Gasteiger partial charge is 0.280 e. The molecule has 0 bridgehead atoms. The van der Waals surface area contributed by atoms with E-state index in [1.165, 1.54) is 12.1 Å². The third kappa shape index (κ3) is 3.29. The van der Waals surface area contributed by atoms with E-state index in [0.717, 1.165) is 16.0 Å². The minimum Gasteiger partial charge on any atom is -0.457 e. The topological polar surface area (TPSA) is 83.2 Å². The molecule has 7 nitrogen and oxygen atoms in total. The van der Waals surface area contributed by atoms with E-state index in [0.29, 0.717) is 45.2 Å². The van der Waals surface area contributed by atoms with Crippen LogP contribution >= 0.6 is 0 Å². The zero-order valence-electron chi connectivity index (χ0n) is 18.7. The van der Waals surface area contributed by atoms with E-state index in [2.05, 4.69) is 5.10 Å². The zero-order chi connectivity index (χ0) is 23.4. The van der Waals surface area contributed by atoms with Gasteiger partial charge in [-0.3, -0.25) is 19.3 Å². The second-order valence-corrected chi connectivity index (χ2v) is 8.26. The number of anilines is 1. The molecule has 33 heavy (non-hydrogen) atoms. The van der Waals surface area contributed by atoms with E-state index < -0.39 is 0 Å². The first kappa shape index (κ1) is 20.6. The molecule has 2 aliphatic heterocycles. The minimum atomic E-state index is -0.333. The number of carbonyl (C=O) groups excluding carboxylic acids is 3. The molecule has 0 aliphatic carbocycles. The molecule has 2 aromatic carbocycles. The van der Waals surface area contributed by atoms with Gasteiger partial charge in [0.1, 0.15) is 11.5 Å². The molecule has 164 valence electrons. The lowest BCUT2D eigenvalue weighted by Gasteiger charge is -2.13. The number of imide groups is 1. The molecule has 0 atom stereocenters. The molecule has 7 heteroatoms. The monoisotopic (exact) mass is 439 g/mol. The summed E-state index contributed by atoms with van der Waals surface area (Å²) in [5.41, 5.74) is 5.41. The summed E-state index contributed by atoms with van der Waals surface area (Å²) >= 11 is 0. The molecular formula is C26H21N3O4.